The van der Waals surface area contributed by atoms with Crippen LogP contribution in [-0.2, 0) is 28.5 Å². The van der Waals surface area contributed by atoms with Crippen molar-refractivity contribution in [3.8, 4) is 0 Å². The number of aliphatic hydroxyl groups is 10. The number of unbranched alkanes of at least 4 members (excludes halogenated alkanes) is 1. The summed E-state index contributed by atoms with van der Waals surface area (Å²) in [4.78, 5) is 42.9. The zero-order valence-corrected chi connectivity index (χ0v) is 29.2. The molecule has 3 aliphatic heterocycles. The van der Waals surface area contributed by atoms with Gasteiger partial charge in [0.25, 0.3) is 0 Å². The molecule has 4 aliphatic rings. The standard InChI is InChI=1S/C33H49N3O18/c1-2-3-8-30(47,11-39)29(46)32(48)23(36)28(54-31(12-40)24(43)13-6-4-5-7-14(13)25(44)33(31,32)49)53-22-16(10-38)51-27(18(35)20(22)42)52-21-15(9-37)50-26(45)17(34)19(21)41/h4-7,15-23,26-28,37-42,45,47-49H,2-3,8-12,34-36H2,1H3/t15-,16-,17-,18-,19-,20-,21?,22?,23+,26-,27+,28+,30?,31+,32+,33-/m1/s1. The first-order chi connectivity index (χ1) is 25.4. The van der Waals surface area contributed by atoms with E-state index in [1.54, 1.807) is 6.92 Å². The number of ketones is 3. The van der Waals surface area contributed by atoms with Gasteiger partial charge in [-0.15, -0.1) is 0 Å². The van der Waals surface area contributed by atoms with Crippen LogP contribution in [0.1, 0.15) is 46.9 Å². The molecule has 0 aromatic heterocycles. The molecular weight excluding hydrogens is 726 g/mol. The zero-order valence-electron chi connectivity index (χ0n) is 29.2. The van der Waals surface area contributed by atoms with Crippen LogP contribution in [0.2, 0.25) is 0 Å². The van der Waals surface area contributed by atoms with E-state index in [0.29, 0.717) is 6.42 Å². The molecule has 3 fully saturated rings. The van der Waals surface area contributed by atoms with Crippen molar-refractivity contribution in [1.29, 1.82) is 0 Å². The Hall–Kier alpha value is -2.49. The summed E-state index contributed by atoms with van der Waals surface area (Å²) in [6, 6.07) is -0.646. The lowest BCUT2D eigenvalue weighted by atomic mass is 9.54. The molecule has 3 saturated heterocycles. The minimum atomic E-state index is -3.80. The minimum Gasteiger partial charge on any atom is -0.394 e. The highest BCUT2D eigenvalue weighted by atomic mass is 16.7. The molecule has 21 nitrogen and oxygen atoms in total. The van der Waals surface area contributed by atoms with Gasteiger partial charge in [-0.2, -0.15) is 0 Å². The Kier molecular flexibility index (Phi) is 12.5. The largest absolute Gasteiger partial charge is 0.394 e. The Labute approximate surface area is 307 Å². The van der Waals surface area contributed by atoms with Crippen molar-refractivity contribution in [3.05, 3.63) is 35.4 Å². The summed E-state index contributed by atoms with van der Waals surface area (Å²) < 4.78 is 28.4. The van der Waals surface area contributed by atoms with E-state index in [4.69, 9.17) is 40.9 Å². The number of aliphatic hydroxyl groups excluding tert-OH is 7. The van der Waals surface area contributed by atoms with E-state index in [-0.39, 0.29) is 6.42 Å². The summed E-state index contributed by atoms with van der Waals surface area (Å²) >= 11 is 0. The maximum Gasteiger partial charge on any atom is 0.204 e. The van der Waals surface area contributed by atoms with E-state index in [0.717, 1.165) is 12.1 Å². The fraction of sp³-hybridized carbons (Fsp3) is 0.727. The van der Waals surface area contributed by atoms with Gasteiger partial charge in [-0.1, -0.05) is 44.0 Å². The van der Waals surface area contributed by atoms with Gasteiger partial charge in [-0.05, 0) is 6.42 Å². The molecule has 1 aromatic rings. The smallest absolute Gasteiger partial charge is 0.204 e. The van der Waals surface area contributed by atoms with Gasteiger partial charge >= 0.3 is 0 Å². The number of hydrogen-bond acceptors (Lipinski definition) is 21. The van der Waals surface area contributed by atoms with Crippen LogP contribution < -0.4 is 17.2 Å². The normalized spacial score (nSPS) is 43.6. The van der Waals surface area contributed by atoms with Gasteiger partial charge in [0.2, 0.25) is 23.0 Å². The van der Waals surface area contributed by atoms with Crippen molar-refractivity contribution in [3.63, 3.8) is 0 Å². The molecule has 304 valence electrons. The van der Waals surface area contributed by atoms with Crippen molar-refractivity contribution in [2.24, 2.45) is 17.2 Å². The molecule has 0 amide bonds. The summed E-state index contributed by atoms with van der Waals surface area (Å²) in [6.07, 6.45) is -15.9. The number of nitrogens with two attached hydrogens (primary N) is 3. The van der Waals surface area contributed by atoms with E-state index in [9.17, 15) is 65.4 Å². The molecule has 16 atom stereocenters. The second-order valence-electron chi connectivity index (χ2n) is 14.1. The van der Waals surface area contributed by atoms with Crippen LogP contribution in [0.4, 0.5) is 0 Å². The molecular formula is C33H49N3O18. The van der Waals surface area contributed by atoms with Gasteiger partial charge in [-0.3, -0.25) is 14.4 Å². The lowest BCUT2D eigenvalue weighted by molar-refractivity contribution is -0.369. The van der Waals surface area contributed by atoms with E-state index in [2.05, 4.69) is 0 Å². The first kappa shape index (κ1) is 42.6. The van der Waals surface area contributed by atoms with Gasteiger partial charge in [0.05, 0.1) is 44.6 Å². The number of hydrogen-bond donors (Lipinski definition) is 13. The summed E-state index contributed by atoms with van der Waals surface area (Å²) in [5, 5.41) is 110. The number of benzene rings is 1. The molecule has 0 spiro atoms. The highest BCUT2D eigenvalue weighted by Crippen LogP contribution is 2.52. The topological polar surface area (TPSA) is 378 Å². The van der Waals surface area contributed by atoms with E-state index >= 15 is 0 Å². The number of carbonyl (C=O) groups is 3. The monoisotopic (exact) mass is 775 g/mol. The number of ether oxygens (including phenoxy) is 5. The Bertz CT molecular complexity index is 1550. The van der Waals surface area contributed by atoms with Crippen molar-refractivity contribution in [2.75, 3.05) is 26.4 Å². The Morgan fingerprint density at radius 3 is 1.93 bits per heavy atom. The van der Waals surface area contributed by atoms with Crippen molar-refractivity contribution in [2.45, 2.75) is 122 Å². The number of rotatable bonds is 13. The quantitative estimate of drug-likeness (QED) is 0.0885. The molecule has 0 saturated carbocycles. The third-order valence-corrected chi connectivity index (χ3v) is 10.9. The van der Waals surface area contributed by atoms with Gasteiger partial charge in [0, 0.05) is 11.1 Å². The molecule has 0 radical (unpaired) electrons. The first-order valence-electron chi connectivity index (χ1n) is 17.3. The van der Waals surface area contributed by atoms with Crippen LogP contribution in [-0.4, -0.2) is 191 Å². The summed E-state index contributed by atoms with van der Waals surface area (Å²) in [7, 11) is 0. The maximum absolute atomic E-state index is 14.4. The summed E-state index contributed by atoms with van der Waals surface area (Å²) in [5.74, 6) is -4.66. The van der Waals surface area contributed by atoms with Crippen LogP contribution in [0.5, 0.6) is 0 Å². The van der Waals surface area contributed by atoms with Gasteiger partial charge in [0.15, 0.2) is 30.1 Å². The predicted molar refractivity (Wildman–Crippen MR) is 176 cm³/mol. The van der Waals surface area contributed by atoms with Crippen LogP contribution >= 0.6 is 0 Å². The molecule has 21 heteroatoms. The van der Waals surface area contributed by atoms with Crippen molar-refractivity contribution >= 4 is 17.3 Å². The minimum absolute atomic E-state index is 0.0737. The Morgan fingerprint density at radius 2 is 1.39 bits per heavy atom. The van der Waals surface area contributed by atoms with Crippen LogP contribution in [0, 0.1) is 0 Å². The second-order valence-corrected chi connectivity index (χ2v) is 14.1. The highest BCUT2D eigenvalue weighted by Gasteiger charge is 2.82. The molecule has 3 unspecified atom stereocenters. The number of carbonyl (C=O) groups excluding carboxylic acids is 3. The average molecular weight is 776 g/mol. The van der Waals surface area contributed by atoms with Gasteiger partial charge in [-0.25, -0.2) is 0 Å². The second kappa shape index (κ2) is 15.8. The van der Waals surface area contributed by atoms with Gasteiger partial charge in [0.1, 0.15) is 42.2 Å². The Morgan fingerprint density at radius 1 is 0.852 bits per heavy atom. The van der Waals surface area contributed by atoms with E-state index in [1.165, 1.54) is 12.1 Å². The Balaban J connectivity index is 1.56. The fourth-order valence-electron chi connectivity index (χ4n) is 7.67. The number of Topliss-reactive ketones (excluding diaryl/α,β-unsaturated/α-hetero) is 3. The molecule has 16 N–H and O–H groups in total. The third-order valence-electron chi connectivity index (χ3n) is 10.9. The fourth-order valence-corrected chi connectivity index (χ4v) is 7.67. The highest BCUT2D eigenvalue weighted by molar-refractivity contribution is 6.25. The lowest BCUT2D eigenvalue weighted by Gasteiger charge is -2.61. The predicted octanol–water partition coefficient (Wildman–Crippen LogP) is -7.00. The zero-order chi connectivity index (χ0) is 40.1. The van der Waals surface area contributed by atoms with Crippen LogP contribution in [0.15, 0.2) is 24.3 Å². The SMILES string of the molecule is CCCCC(O)(CO)C(=O)[C@@]1(O)[C@@H](N)[C@@H](OC2[C@@H](CO)O[C@@H](OC3[C@@H](CO)O[C@@H](O)[C@H](N)[C@H]3O)[C@H](N)[C@H]2O)O[C@@]2(CO)C(=O)c3ccccc3C(=O)[C@@]21O. The maximum atomic E-state index is 14.4. The van der Waals surface area contributed by atoms with Crippen molar-refractivity contribution < 1.29 is 89.1 Å². The van der Waals surface area contributed by atoms with Crippen LogP contribution in [0.25, 0.3) is 0 Å². The van der Waals surface area contributed by atoms with E-state index in [1.807, 2.05) is 0 Å². The lowest BCUT2D eigenvalue weighted by Crippen LogP contribution is -2.90. The molecule has 1 aliphatic carbocycles. The van der Waals surface area contributed by atoms with E-state index < -0.39 is 157 Å². The molecule has 0 bridgehead atoms. The number of fused-ring (bicyclic) bond motifs is 2. The molecule has 54 heavy (non-hydrogen) atoms. The molecule has 3 heterocycles. The van der Waals surface area contributed by atoms with Gasteiger partial charge < -0.3 is 92.0 Å². The summed E-state index contributed by atoms with van der Waals surface area (Å²) in [6.45, 7) is -3.05. The van der Waals surface area contributed by atoms with Crippen LogP contribution in [0.3, 0.4) is 0 Å². The molecule has 5 rings (SSSR count). The third kappa shape index (κ3) is 6.25. The van der Waals surface area contributed by atoms with Crippen molar-refractivity contribution in [1.82, 2.24) is 0 Å². The first-order valence-corrected chi connectivity index (χ1v) is 17.3. The average Bonchev–Trinajstić information content (AvgIpc) is 3.18. The summed E-state index contributed by atoms with van der Waals surface area (Å²) in [5.41, 5.74) is 3.75. The molecule has 1 aromatic carbocycles.